The molecule has 2 saturated heterocycles. The van der Waals surface area contributed by atoms with E-state index < -0.39 is 41.5 Å². The molecule has 2 aliphatic heterocycles. The van der Waals surface area contributed by atoms with Gasteiger partial charge in [-0.25, -0.2) is 19.4 Å². The van der Waals surface area contributed by atoms with Gasteiger partial charge in [0.25, 0.3) is 5.91 Å². The standard InChI is InChI=1S/C23H26F4N6O2/c1-13-8-16(5-6-17(13)24)32(7-3-4-15-11-28-12-15)21(35)18-10-20(34)31-33(18)22-29-14(2)9-19(30-22)23(25,26)27/h5-6,8-9,15,18,28H,3-4,7,10-12H2,1-2H3,(H,31,34). The lowest BCUT2D eigenvalue weighted by atomic mass is 9.97. The summed E-state index contributed by atoms with van der Waals surface area (Å²) < 4.78 is 53.9. The van der Waals surface area contributed by atoms with Crippen molar-refractivity contribution in [1.82, 2.24) is 20.7 Å². The minimum atomic E-state index is -4.72. The van der Waals surface area contributed by atoms with Crippen LogP contribution < -0.4 is 20.7 Å². The van der Waals surface area contributed by atoms with E-state index in [9.17, 15) is 27.2 Å². The average molecular weight is 494 g/mol. The summed E-state index contributed by atoms with van der Waals surface area (Å²) >= 11 is 0. The third-order valence-electron chi connectivity index (χ3n) is 6.15. The number of hydrogen-bond acceptors (Lipinski definition) is 6. The first-order valence-electron chi connectivity index (χ1n) is 11.3. The van der Waals surface area contributed by atoms with Crippen molar-refractivity contribution in [2.75, 3.05) is 29.5 Å². The number of alkyl halides is 3. The van der Waals surface area contributed by atoms with Crippen molar-refractivity contribution in [1.29, 1.82) is 0 Å². The van der Waals surface area contributed by atoms with E-state index in [1.807, 2.05) is 0 Å². The Labute approximate surface area is 199 Å². The molecular weight excluding hydrogens is 468 g/mol. The molecule has 2 aliphatic rings. The van der Waals surface area contributed by atoms with Gasteiger partial charge < -0.3 is 10.2 Å². The Morgan fingerprint density at radius 1 is 1.20 bits per heavy atom. The number of benzene rings is 1. The monoisotopic (exact) mass is 494 g/mol. The van der Waals surface area contributed by atoms with Crippen LogP contribution in [0.15, 0.2) is 24.3 Å². The first-order valence-corrected chi connectivity index (χ1v) is 11.3. The van der Waals surface area contributed by atoms with Gasteiger partial charge >= 0.3 is 6.18 Å². The molecule has 1 unspecified atom stereocenters. The summed E-state index contributed by atoms with van der Waals surface area (Å²) in [6.07, 6.45) is -3.46. The molecule has 2 aromatic rings. The second-order valence-corrected chi connectivity index (χ2v) is 8.91. The molecule has 12 heteroatoms. The smallest absolute Gasteiger partial charge is 0.316 e. The van der Waals surface area contributed by atoms with Crippen LogP contribution in [0, 0.1) is 25.6 Å². The van der Waals surface area contributed by atoms with Gasteiger partial charge in [-0.05, 0) is 75.5 Å². The fourth-order valence-electron chi connectivity index (χ4n) is 4.15. The van der Waals surface area contributed by atoms with Crippen LogP contribution in [-0.2, 0) is 15.8 Å². The van der Waals surface area contributed by atoms with Crippen molar-refractivity contribution in [3.05, 3.63) is 47.0 Å². The topological polar surface area (TPSA) is 90.5 Å². The van der Waals surface area contributed by atoms with Gasteiger partial charge in [0.05, 0.1) is 6.42 Å². The maximum atomic E-state index is 13.9. The van der Waals surface area contributed by atoms with Crippen LogP contribution in [0.1, 0.15) is 36.2 Å². The fraction of sp³-hybridized carbons (Fsp3) is 0.478. The Morgan fingerprint density at radius 3 is 2.57 bits per heavy atom. The number of carbonyl (C=O) groups is 2. The predicted octanol–water partition coefficient (Wildman–Crippen LogP) is 2.89. The van der Waals surface area contributed by atoms with Crippen molar-refractivity contribution in [3.8, 4) is 0 Å². The van der Waals surface area contributed by atoms with Crippen molar-refractivity contribution in [3.63, 3.8) is 0 Å². The Bertz CT molecular complexity index is 1120. The largest absolute Gasteiger partial charge is 0.433 e. The molecule has 1 aromatic heterocycles. The molecule has 0 aliphatic carbocycles. The number of halogens is 4. The number of nitrogens with one attached hydrogen (secondary N) is 2. The number of aromatic nitrogens is 2. The van der Waals surface area contributed by atoms with Crippen LogP contribution in [0.4, 0.5) is 29.2 Å². The summed E-state index contributed by atoms with van der Waals surface area (Å²) in [6, 6.07) is 3.90. The number of carbonyl (C=O) groups excluding carboxylic acids is 2. The van der Waals surface area contributed by atoms with E-state index in [2.05, 4.69) is 20.7 Å². The Morgan fingerprint density at radius 2 is 1.94 bits per heavy atom. The van der Waals surface area contributed by atoms with Gasteiger partial charge in [-0.2, -0.15) is 13.2 Å². The van der Waals surface area contributed by atoms with Crippen LogP contribution in [0.5, 0.6) is 0 Å². The summed E-state index contributed by atoms with van der Waals surface area (Å²) in [6.45, 7) is 5.07. The third-order valence-corrected chi connectivity index (χ3v) is 6.15. The summed E-state index contributed by atoms with van der Waals surface area (Å²) in [5.41, 5.74) is 2.07. The number of hydrazine groups is 1. The average Bonchev–Trinajstić information content (AvgIpc) is 3.15. The lowest BCUT2D eigenvalue weighted by Crippen LogP contribution is -2.50. The van der Waals surface area contributed by atoms with Crippen LogP contribution in [0.25, 0.3) is 0 Å². The summed E-state index contributed by atoms with van der Waals surface area (Å²) in [5.74, 6) is -1.39. The lowest BCUT2D eigenvalue weighted by Gasteiger charge is -2.31. The van der Waals surface area contributed by atoms with Crippen LogP contribution in [0.3, 0.4) is 0 Å². The number of rotatable bonds is 7. The normalized spacial score (nSPS) is 18.4. The van der Waals surface area contributed by atoms with Crippen molar-refractivity contribution in [2.24, 2.45) is 5.92 Å². The summed E-state index contributed by atoms with van der Waals surface area (Å²) in [5, 5.41) is 4.18. The lowest BCUT2D eigenvalue weighted by molar-refractivity contribution is -0.141. The highest BCUT2D eigenvalue weighted by Gasteiger charge is 2.42. The molecule has 0 bridgehead atoms. The molecule has 2 fully saturated rings. The molecule has 0 spiro atoms. The fourth-order valence-corrected chi connectivity index (χ4v) is 4.15. The van der Waals surface area contributed by atoms with Gasteiger partial charge in [-0.15, -0.1) is 0 Å². The van der Waals surface area contributed by atoms with Gasteiger partial charge in [0, 0.05) is 17.9 Å². The minimum absolute atomic E-state index is 0.0368. The van der Waals surface area contributed by atoms with E-state index in [-0.39, 0.29) is 12.1 Å². The molecule has 0 saturated carbocycles. The number of aryl methyl sites for hydroxylation is 2. The van der Waals surface area contributed by atoms with Crippen molar-refractivity contribution >= 4 is 23.5 Å². The van der Waals surface area contributed by atoms with Crippen LogP contribution in [0.2, 0.25) is 0 Å². The molecule has 188 valence electrons. The molecule has 1 aromatic carbocycles. The number of amides is 2. The predicted molar refractivity (Wildman–Crippen MR) is 120 cm³/mol. The quantitative estimate of drug-likeness (QED) is 0.576. The molecule has 3 heterocycles. The highest BCUT2D eigenvalue weighted by Crippen LogP contribution is 2.31. The molecule has 2 amide bonds. The Balaban J connectivity index is 1.64. The van der Waals surface area contributed by atoms with E-state index >= 15 is 0 Å². The zero-order valence-corrected chi connectivity index (χ0v) is 19.3. The first kappa shape index (κ1) is 24.8. The van der Waals surface area contributed by atoms with Gasteiger partial charge in [0.1, 0.15) is 17.6 Å². The molecule has 8 nitrogen and oxygen atoms in total. The number of hydrogen-bond donors (Lipinski definition) is 2. The van der Waals surface area contributed by atoms with Gasteiger partial charge in [-0.1, -0.05) is 0 Å². The van der Waals surface area contributed by atoms with Gasteiger partial charge in [-0.3, -0.25) is 15.0 Å². The minimum Gasteiger partial charge on any atom is -0.316 e. The van der Waals surface area contributed by atoms with Gasteiger partial charge in [0.2, 0.25) is 11.9 Å². The highest BCUT2D eigenvalue weighted by atomic mass is 19.4. The van der Waals surface area contributed by atoms with E-state index in [0.29, 0.717) is 30.1 Å². The van der Waals surface area contributed by atoms with E-state index in [4.69, 9.17) is 0 Å². The first-order chi connectivity index (χ1) is 16.5. The van der Waals surface area contributed by atoms with Crippen molar-refractivity contribution < 1.29 is 27.2 Å². The molecule has 4 rings (SSSR count). The maximum absolute atomic E-state index is 13.9. The molecule has 35 heavy (non-hydrogen) atoms. The highest BCUT2D eigenvalue weighted by molar-refractivity contribution is 6.03. The zero-order valence-electron chi connectivity index (χ0n) is 19.3. The molecule has 0 radical (unpaired) electrons. The van der Waals surface area contributed by atoms with E-state index in [0.717, 1.165) is 30.6 Å². The second kappa shape index (κ2) is 9.76. The zero-order chi connectivity index (χ0) is 25.3. The van der Waals surface area contributed by atoms with E-state index in [1.54, 1.807) is 6.92 Å². The number of nitrogens with zero attached hydrogens (tertiary/aromatic N) is 4. The number of anilines is 2. The molecular formula is C23H26F4N6O2. The van der Waals surface area contributed by atoms with Gasteiger partial charge in [0.15, 0.2) is 0 Å². The Kier molecular flexibility index (Phi) is 6.93. The second-order valence-electron chi connectivity index (χ2n) is 8.91. The van der Waals surface area contributed by atoms with Crippen molar-refractivity contribution in [2.45, 2.75) is 45.3 Å². The Hall–Kier alpha value is -3.28. The molecule has 1 atom stereocenters. The summed E-state index contributed by atoms with van der Waals surface area (Å²) in [4.78, 5) is 35.0. The SMILES string of the molecule is Cc1cc(C(F)(F)F)nc(N2NC(=O)CC2C(=O)N(CCCC2CNC2)c2ccc(F)c(C)c2)n1. The van der Waals surface area contributed by atoms with Crippen LogP contribution in [-0.4, -0.2) is 47.5 Å². The van der Waals surface area contributed by atoms with Crippen LogP contribution >= 0.6 is 0 Å². The van der Waals surface area contributed by atoms with E-state index in [1.165, 1.54) is 30.0 Å². The maximum Gasteiger partial charge on any atom is 0.433 e. The summed E-state index contributed by atoms with van der Waals surface area (Å²) in [7, 11) is 0. The third kappa shape index (κ3) is 5.53. The molecule has 2 N–H and O–H groups in total.